The summed E-state index contributed by atoms with van der Waals surface area (Å²) in [4.78, 5) is 22.3. The van der Waals surface area contributed by atoms with E-state index >= 15 is 0 Å². The monoisotopic (exact) mass is 274 g/mol. The molecule has 0 radical (unpaired) electrons. The second-order valence-electron chi connectivity index (χ2n) is 6.48. The van der Waals surface area contributed by atoms with Gasteiger partial charge in [-0.05, 0) is 42.2 Å². The van der Waals surface area contributed by atoms with Crippen molar-refractivity contribution in [1.29, 1.82) is 0 Å². The maximum atomic E-state index is 12.2. The minimum absolute atomic E-state index is 0.00538. The zero-order chi connectivity index (χ0) is 14.5. The Morgan fingerprint density at radius 2 is 1.95 bits per heavy atom. The van der Waals surface area contributed by atoms with E-state index in [2.05, 4.69) is 19.2 Å². The highest BCUT2D eigenvalue weighted by atomic mass is 16.6. The first kappa shape index (κ1) is 13.1. The van der Waals surface area contributed by atoms with Gasteiger partial charge in [0.15, 0.2) is 0 Å². The van der Waals surface area contributed by atoms with Crippen molar-refractivity contribution >= 4 is 11.6 Å². The summed E-state index contributed by atoms with van der Waals surface area (Å²) in [5.41, 5.74) is 0.830. The van der Waals surface area contributed by atoms with Gasteiger partial charge in [-0.1, -0.05) is 13.8 Å². The molecule has 3 aliphatic carbocycles. The van der Waals surface area contributed by atoms with Crippen molar-refractivity contribution in [3.8, 4) is 0 Å². The van der Waals surface area contributed by atoms with Gasteiger partial charge in [0.05, 0.1) is 4.92 Å². The van der Waals surface area contributed by atoms with Crippen LogP contribution >= 0.6 is 0 Å². The van der Waals surface area contributed by atoms with Crippen LogP contribution in [-0.4, -0.2) is 16.9 Å². The molecule has 20 heavy (non-hydrogen) atoms. The average molecular weight is 274 g/mol. The Morgan fingerprint density at radius 3 is 2.40 bits per heavy atom. The second kappa shape index (κ2) is 4.30. The third-order valence-corrected chi connectivity index (χ3v) is 5.23. The fraction of sp³-hybridized carbons (Fsp3) is 0.533. The SMILES string of the molecule is CC1(C)[C@H]2C[C@@H](NC(=O)c3ccc([N+](=O)[O-])cc3)[C@@H]1C2. The highest BCUT2D eigenvalue weighted by molar-refractivity contribution is 5.94. The molecule has 3 saturated carbocycles. The van der Waals surface area contributed by atoms with Crippen LogP contribution in [0.5, 0.6) is 0 Å². The summed E-state index contributed by atoms with van der Waals surface area (Å²) in [6.45, 7) is 4.54. The van der Waals surface area contributed by atoms with Gasteiger partial charge < -0.3 is 5.32 Å². The van der Waals surface area contributed by atoms with Crippen LogP contribution in [0.4, 0.5) is 5.69 Å². The van der Waals surface area contributed by atoms with E-state index in [4.69, 9.17) is 0 Å². The molecule has 5 nitrogen and oxygen atoms in total. The van der Waals surface area contributed by atoms with Gasteiger partial charge in [0.1, 0.15) is 0 Å². The van der Waals surface area contributed by atoms with Crippen molar-refractivity contribution in [2.24, 2.45) is 17.3 Å². The van der Waals surface area contributed by atoms with E-state index in [9.17, 15) is 14.9 Å². The summed E-state index contributed by atoms with van der Waals surface area (Å²) < 4.78 is 0. The molecule has 2 bridgehead atoms. The number of carbonyl (C=O) groups excluding carboxylic acids is 1. The zero-order valence-electron chi connectivity index (χ0n) is 11.6. The zero-order valence-corrected chi connectivity index (χ0v) is 11.6. The lowest BCUT2D eigenvalue weighted by molar-refractivity contribution is -0.384. The summed E-state index contributed by atoms with van der Waals surface area (Å²) in [6, 6.07) is 6.01. The number of amides is 1. The molecule has 3 atom stereocenters. The van der Waals surface area contributed by atoms with Gasteiger partial charge in [0.25, 0.3) is 11.6 Å². The van der Waals surface area contributed by atoms with Crippen molar-refractivity contribution in [3.05, 3.63) is 39.9 Å². The Kier molecular flexibility index (Phi) is 2.81. The van der Waals surface area contributed by atoms with E-state index in [1.807, 2.05) is 0 Å². The number of rotatable bonds is 3. The Bertz CT molecular complexity index is 565. The molecule has 0 heterocycles. The molecule has 4 rings (SSSR count). The van der Waals surface area contributed by atoms with E-state index in [-0.39, 0.29) is 17.6 Å². The van der Waals surface area contributed by atoms with E-state index in [1.54, 1.807) is 0 Å². The van der Waals surface area contributed by atoms with Gasteiger partial charge in [0, 0.05) is 23.7 Å². The number of nitro groups is 1. The number of hydrogen-bond donors (Lipinski definition) is 1. The number of nitro benzene ring substituents is 1. The Labute approximate surface area is 117 Å². The molecule has 0 saturated heterocycles. The van der Waals surface area contributed by atoms with Gasteiger partial charge in [-0.25, -0.2) is 0 Å². The van der Waals surface area contributed by atoms with Crippen LogP contribution in [0, 0.1) is 27.4 Å². The van der Waals surface area contributed by atoms with Crippen LogP contribution in [0.25, 0.3) is 0 Å². The molecule has 1 amide bonds. The maximum absolute atomic E-state index is 12.2. The van der Waals surface area contributed by atoms with Crippen molar-refractivity contribution in [1.82, 2.24) is 5.32 Å². The lowest BCUT2D eigenvalue weighted by Gasteiger charge is -2.45. The molecule has 1 N–H and O–H groups in total. The predicted octanol–water partition coefficient (Wildman–Crippen LogP) is 2.76. The molecular weight excluding hydrogens is 256 g/mol. The first-order valence-electron chi connectivity index (χ1n) is 6.95. The molecule has 5 heteroatoms. The minimum Gasteiger partial charge on any atom is -0.349 e. The minimum atomic E-state index is -0.462. The Morgan fingerprint density at radius 1 is 1.30 bits per heavy atom. The van der Waals surface area contributed by atoms with Gasteiger partial charge in [-0.2, -0.15) is 0 Å². The van der Waals surface area contributed by atoms with Crippen LogP contribution in [-0.2, 0) is 0 Å². The quantitative estimate of drug-likeness (QED) is 0.680. The first-order chi connectivity index (χ1) is 9.39. The molecular formula is C15H18N2O3. The highest BCUT2D eigenvalue weighted by Crippen LogP contribution is 2.61. The molecule has 1 aromatic carbocycles. The van der Waals surface area contributed by atoms with Crippen LogP contribution < -0.4 is 5.32 Å². The number of benzene rings is 1. The standard InChI is InChI=1S/C15H18N2O3/c1-15(2)10-7-12(15)13(8-10)16-14(18)9-3-5-11(6-4-9)17(19)20/h3-6,10,12-13H,7-8H2,1-2H3,(H,16,18)/t10-,12+,13-/m1/s1. The molecule has 106 valence electrons. The lowest BCUT2D eigenvalue weighted by Crippen LogP contribution is -2.44. The van der Waals surface area contributed by atoms with Crippen LogP contribution in [0.2, 0.25) is 0 Å². The summed E-state index contributed by atoms with van der Waals surface area (Å²) in [6.07, 6.45) is 2.26. The summed E-state index contributed by atoms with van der Waals surface area (Å²) >= 11 is 0. The highest BCUT2D eigenvalue weighted by Gasteiger charge is 2.58. The number of nitrogens with zero attached hydrogens (tertiary/aromatic N) is 1. The molecule has 0 unspecified atom stereocenters. The van der Waals surface area contributed by atoms with Crippen LogP contribution in [0.3, 0.4) is 0 Å². The van der Waals surface area contributed by atoms with E-state index < -0.39 is 4.92 Å². The molecule has 0 spiro atoms. The van der Waals surface area contributed by atoms with Crippen molar-refractivity contribution in [3.63, 3.8) is 0 Å². The molecule has 3 fully saturated rings. The predicted molar refractivity (Wildman–Crippen MR) is 74.3 cm³/mol. The number of hydrogen-bond acceptors (Lipinski definition) is 3. The summed E-state index contributed by atoms with van der Waals surface area (Å²) in [5.74, 6) is 1.15. The summed E-state index contributed by atoms with van der Waals surface area (Å²) in [7, 11) is 0. The lowest BCUT2D eigenvalue weighted by atomic mass is 9.61. The Balaban J connectivity index is 1.67. The van der Waals surface area contributed by atoms with Gasteiger partial charge >= 0.3 is 0 Å². The number of non-ortho nitro benzene ring substituents is 1. The fourth-order valence-electron chi connectivity index (χ4n) is 3.76. The smallest absolute Gasteiger partial charge is 0.269 e. The second-order valence-corrected chi connectivity index (χ2v) is 6.48. The summed E-state index contributed by atoms with van der Waals surface area (Å²) in [5, 5.41) is 13.7. The van der Waals surface area contributed by atoms with Gasteiger partial charge in [-0.15, -0.1) is 0 Å². The number of fused-ring (bicyclic) bond motifs is 1. The third-order valence-electron chi connectivity index (χ3n) is 5.23. The van der Waals surface area contributed by atoms with E-state index in [0.29, 0.717) is 16.9 Å². The molecule has 3 aliphatic rings. The van der Waals surface area contributed by atoms with Crippen LogP contribution in [0.15, 0.2) is 24.3 Å². The average Bonchev–Trinajstić information content (AvgIpc) is 2.94. The normalized spacial score (nSPS) is 29.6. The van der Waals surface area contributed by atoms with Crippen molar-refractivity contribution in [2.75, 3.05) is 0 Å². The first-order valence-corrected chi connectivity index (χ1v) is 6.95. The maximum Gasteiger partial charge on any atom is 0.269 e. The molecule has 0 aromatic heterocycles. The van der Waals surface area contributed by atoms with Gasteiger partial charge in [-0.3, -0.25) is 14.9 Å². The fourth-order valence-corrected chi connectivity index (χ4v) is 3.76. The number of nitrogens with one attached hydrogen (secondary N) is 1. The third kappa shape index (κ3) is 1.88. The van der Waals surface area contributed by atoms with E-state index in [0.717, 1.165) is 12.3 Å². The number of carbonyl (C=O) groups is 1. The molecule has 0 aliphatic heterocycles. The Hall–Kier alpha value is -1.91. The van der Waals surface area contributed by atoms with Crippen molar-refractivity contribution < 1.29 is 9.72 Å². The molecule has 1 aromatic rings. The largest absolute Gasteiger partial charge is 0.349 e. The van der Waals surface area contributed by atoms with Gasteiger partial charge in [0.2, 0.25) is 0 Å². The van der Waals surface area contributed by atoms with Crippen molar-refractivity contribution in [2.45, 2.75) is 32.7 Å². The topological polar surface area (TPSA) is 72.2 Å². The van der Waals surface area contributed by atoms with E-state index in [1.165, 1.54) is 30.7 Å². The van der Waals surface area contributed by atoms with Crippen LogP contribution in [0.1, 0.15) is 37.0 Å².